The minimum atomic E-state index is -0.861. The predicted octanol–water partition coefficient (Wildman–Crippen LogP) is 2.24. The summed E-state index contributed by atoms with van der Waals surface area (Å²) in [5, 5.41) is 19.7. The van der Waals surface area contributed by atoms with Crippen LogP contribution in [0.1, 0.15) is 18.7 Å². The molecule has 3 rings (SSSR count). The number of aromatic hydroxyl groups is 1. The number of aliphatic hydroxyl groups excluding tert-OH is 1. The summed E-state index contributed by atoms with van der Waals surface area (Å²) in [4.78, 5) is 15.7. The number of aliphatic hydroxyl groups is 1. The van der Waals surface area contributed by atoms with E-state index in [0.29, 0.717) is 17.2 Å². The van der Waals surface area contributed by atoms with Gasteiger partial charge in [-0.05, 0) is 36.8 Å². The van der Waals surface area contributed by atoms with Gasteiger partial charge in [-0.15, -0.1) is 0 Å². The first-order chi connectivity index (χ1) is 11.5. The number of aromatic nitrogens is 2. The molecule has 1 atom stereocenters. The van der Waals surface area contributed by atoms with Crippen molar-refractivity contribution >= 4 is 5.82 Å². The van der Waals surface area contributed by atoms with Crippen molar-refractivity contribution in [2.45, 2.75) is 13.0 Å². The molecule has 0 saturated heterocycles. The lowest BCUT2D eigenvalue weighted by Crippen LogP contribution is -2.13. The third-order valence-electron chi connectivity index (χ3n) is 3.73. The van der Waals surface area contributed by atoms with Gasteiger partial charge in [0.2, 0.25) is 5.43 Å². The molecule has 0 fully saturated rings. The van der Waals surface area contributed by atoms with E-state index in [1.807, 2.05) is 30.3 Å². The summed E-state index contributed by atoms with van der Waals surface area (Å²) >= 11 is 0. The summed E-state index contributed by atoms with van der Waals surface area (Å²) in [7, 11) is 0. The molecule has 2 heterocycles. The normalized spacial score (nSPS) is 12.1. The van der Waals surface area contributed by atoms with Gasteiger partial charge in [-0.2, -0.15) is 0 Å². The summed E-state index contributed by atoms with van der Waals surface area (Å²) in [5.74, 6) is 0.0654. The highest BCUT2D eigenvalue weighted by Gasteiger charge is 2.12. The van der Waals surface area contributed by atoms with Crippen LogP contribution in [0.4, 0.5) is 5.82 Å². The van der Waals surface area contributed by atoms with E-state index in [0.717, 1.165) is 11.1 Å². The van der Waals surface area contributed by atoms with E-state index in [1.54, 1.807) is 23.8 Å². The molecule has 4 N–H and O–H groups in total. The quantitative estimate of drug-likeness (QED) is 0.686. The fourth-order valence-electron chi connectivity index (χ4n) is 2.50. The lowest BCUT2D eigenvalue weighted by Gasteiger charge is -2.16. The number of rotatable bonds is 3. The van der Waals surface area contributed by atoms with Crippen LogP contribution in [0.2, 0.25) is 0 Å². The number of nitrogen functional groups attached to an aromatic ring is 1. The Bertz CT molecular complexity index is 931. The van der Waals surface area contributed by atoms with Crippen LogP contribution in [0, 0.1) is 0 Å². The Balaban J connectivity index is 2.14. The summed E-state index contributed by atoms with van der Waals surface area (Å²) in [6, 6.07) is 12.3. The highest BCUT2D eigenvalue weighted by atomic mass is 16.3. The number of anilines is 1. The summed E-state index contributed by atoms with van der Waals surface area (Å²) in [5.41, 5.74) is 7.96. The van der Waals surface area contributed by atoms with Crippen LogP contribution >= 0.6 is 0 Å². The van der Waals surface area contributed by atoms with Gasteiger partial charge in [-0.1, -0.05) is 12.1 Å². The van der Waals surface area contributed by atoms with E-state index < -0.39 is 11.5 Å². The molecule has 0 aliphatic carbocycles. The molecule has 0 aliphatic rings. The highest BCUT2D eigenvalue weighted by Crippen LogP contribution is 2.25. The van der Waals surface area contributed by atoms with E-state index in [9.17, 15) is 15.0 Å². The monoisotopic (exact) mass is 323 g/mol. The highest BCUT2D eigenvalue weighted by molar-refractivity contribution is 5.66. The molecule has 1 aromatic carbocycles. The average Bonchev–Trinajstić information content (AvgIpc) is 2.57. The molecule has 0 spiro atoms. The molecule has 122 valence electrons. The molecule has 6 heteroatoms. The van der Waals surface area contributed by atoms with E-state index in [1.165, 1.54) is 12.3 Å². The van der Waals surface area contributed by atoms with Crippen molar-refractivity contribution in [3.8, 4) is 22.6 Å². The SMILES string of the molecule is CC(O)c1cc(=O)c(O)cn1-c1cccc(-c2ccc(N)nc2)c1. The molecule has 0 bridgehead atoms. The number of hydrogen-bond donors (Lipinski definition) is 3. The largest absolute Gasteiger partial charge is 0.503 e. The maximum atomic E-state index is 11.7. The fourth-order valence-corrected chi connectivity index (χ4v) is 2.50. The Morgan fingerprint density at radius 1 is 1.17 bits per heavy atom. The van der Waals surface area contributed by atoms with Gasteiger partial charge in [-0.25, -0.2) is 4.98 Å². The van der Waals surface area contributed by atoms with Gasteiger partial charge in [0.15, 0.2) is 5.75 Å². The Labute approximate surface area is 138 Å². The van der Waals surface area contributed by atoms with E-state index >= 15 is 0 Å². The van der Waals surface area contributed by atoms with Gasteiger partial charge < -0.3 is 20.5 Å². The Hall–Kier alpha value is -3.12. The lowest BCUT2D eigenvalue weighted by atomic mass is 10.1. The second-order valence-electron chi connectivity index (χ2n) is 5.52. The molecular formula is C18H17N3O3. The molecule has 0 saturated carbocycles. The average molecular weight is 323 g/mol. The number of hydrogen-bond acceptors (Lipinski definition) is 5. The first kappa shape index (κ1) is 15.8. The first-order valence-corrected chi connectivity index (χ1v) is 7.41. The van der Waals surface area contributed by atoms with Crippen LogP contribution in [0.15, 0.2) is 59.7 Å². The van der Waals surface area contributed by atoms with Crippen LogP contribution in [-0.2, 0) is 0 Å². The van der Waals surface area contributed by atoms with Gasteiger partial charge in [0.25, 0.3) is 0 Å². The Morgan fingerprint density at radius 3 is 2.62 bits per heavy atom. The summed E-state index contributed by atoms with van der Waals surface area (Å²) < 4.78 is 1.59. The zero-order chi connectivity index (χ0) is 17.3. The van der Waals surface area contributed by atoms with Crippen LogP contribution in [0.25, 0.3) is 16.8 Å². The number of nitrogens with zero attached hydrogens (tertiary/aromatic N) is 2. The van der Waals surface area contributed by atoms with Gasteiger partial charge in [0.1, 0.15) is 5.82 Å². The van der Waals surface area contributed by atoms with Crippen molar-refractivity contribution in [3.05, 3.63) is 70.8 Å². The minimum absolute atomic E-state index is 0.376. The van der Waals surface area contributed by atoms with E-state index in [-0.39, 0.29) is 5.75 Å². The van der Waals surface area contributed by atoms with E-state index in [2.05, 4.69) is 4.98 Å². The lowest BCUT2D eigenvalue weighted by molar-refractivity contribution is 0.191. The topological polar surface area (TPSA) is 101 Å². The zero-order valence-corrected chi connectivity index (χ0v) is 13.0. The van der Waals surface area contributed by atoms with Crippen molar-refractivity contribution in [2.75, 3.05) is 5.73 Å². The molecule has 0 amide bonds. The molecule has 0 aliphatic heterocycles. The zero-order valence-electron chi connectivity index (χ0n) is 13.0. The maximum Gasteiger partial charge on any atom is 0.223 e. The number of pyridine rings is 2. The van der Waals surface area contributed by atoms with Crippen molar-refractivity contribution in [3.63, 3.8) is 0 Å². The Morgan fingerprint density at radius 2 is 1.96 bits per heavy atom. The van der Waals surface area contributed by atoms with Crippen molar-refractivity contribution in [1.29, 1.82) is 0 Å². The van der Waals surface area contributed by atoms with Crippen molar-refractivity contribution in [2.24, 2.45) is 0 Å². The molecule has 6 nitrogen and oxygen atoms in total. The first-order valence-electron chi connectivity index (χ1n) is 7.41. The van der Waals surface area contributed by atoms with Crippen LogP contribution in [0.3, 0.4) is 0 Å². The Kier molecular flexibility index (Phi) is 4.05. The molecular weight excluding hydrogens is 306 g/mol. The minimum Gasteiger partial charge on any atom is -0.503 e. The van der Waals surface area contributed by atoms with Crippen molar-refractivity contribution in [1.82, 2.24) is 9.55 Å². The van der Waals surface area contributed by atoms with Crippen LogP contribution in [-0.4, -0.2) is 19.8 Å². The molecule has 1 unspecified atom stereocenters. The summed E-state index contributed by atoms with van der Waals surface area (Å²) in [6.45, 7) is 1.57. The number of benzene rings is 1. The standard InChI is InChI=1S/C18H17N3O3/c1-11(22)15-8-16(23)17(24)10-21(15)14-4-2-3-12(7-14)13-5-6-18(19)20-9-13/h2-11,22,24H,1H3,(H2,19,20). The third-order valence-corrected chi connectivity index (χ3v) is 3.73. The molecule has 0 radical (unpaired) electrons. The maximum absolute atomic E-state index is 11.7. The molecule has 2 aromatic heterocycles. The fraction of sp³-hybridized carbons (Fsp3) is 0.111. The molecule has 3 aromatic rings. The predicted molar refractivity (Wildman–Crippen MR) is 92.0 cm³/mol. The number of nitrogens with two attached hydrogens (primary N) is 1. The van der Waals surface area contributed by atoms with Crippen LogP contribution in [0.5, 0.6) is 5.75 Å². The van der Waals surface area contributed by atoms with Gasteiger partial charge in [-0.3, -0.25) is 4.79 Å². The van der Waals surface area contributed by atoms with Crippen molar-refractivity contribution < 1.29 is 10.2 Å². The van der Waals surface area contributed by atoms with Gasteiger partial charge >= 0.3 is 0 Å². The molecule has 24 heavy (non-hydrogen) atoms. The van der Waals surface area contributed by atoms with Gasteiger partial charge in [0.05, 0.1) is 18.0 Å². The summed E-state index contributed by atoms with van der Waals surface area (Å²) in [6.07, 6.45) is 2.12. The third kappa shape index (κ3) is 3.00. The van der Waals surface area contributed by atoms with Gasteiger partial charge in [0, 0.05) is 23.5 Å². The van der Waals surface area contributed by atoms with Crippen LogP contribution < -0.4 is 11.2 Å². The second kappa shape index (κ2) is 6.17. The second-order valence-corrected chi connectivity index (χ2v) is 5.52. The van der Waals surface area contributed by atoms with E-state index in [4.69, 9.17) is 5.73 Å². The smallest absolute Gasteiger partial charge is 0.223 e.